The molecule has 4 N–H and O–H groups in total. The molecule has 1 saturated heterocycles. The Labute approximate surface area is 261 Å². The number of nitrogens with one attached hydrogen (secondary N) is 2. The van der Waals surface area contributed by atoms with Gasteiger partial charge in [0.1, 0.15) is 35.2 Å². The number of nitrogen functional groups attached to an aromatic ring is 1. The normalized spacial score (nSPS) is 16.0. The zero-order valence-electron chi connectivity index (χ0n) is 26.4. The fourth-order valence-electron chi connectivity index (χ4n) is 5.21. The first kappa shape index (κ1) is 31.2. The van der Waals surface area contributed by atoms with Crippen molar-refractivity contribution in [2.24, 2.45) is 5.41 Å². The molecular formula is C32H38N10O3. The molecule has 1 fully saturated rings. The summed E-state index contributed by atoms with van der Waals surface area (Å²) in [5, 5.41) is 24.6. The maximum Gasteiger partial charge on any atom is 0.324 e. The molecule has 1 aromatic carbocycles. The minimum atomic E-state index is -0.461. The second-order valence-corrected chi connectivity index (χ2v) is 13.3. The number of likely N-dealkylation sites (tertiary alicyclic amines) is 1. The number of urea groups is 1. The average Bonchev–Trinajstić information content (AvgIpc) is 3.62. The first-order chi connectivity index (χ1) is 21.2. The van der Waals surface area contributed by atoms with Crippen LogP contribution in [0.4, 0.5) is 22.1 Å². The number of hydrogen-bond donors (Lipinski definition) is 3. The third kappa shape index (κ3) is 6.95. The van der Waals surface area contributed by atoms with Crippen LogP contribution < -0.4 is 16.4 Å². The van der Waals surface area contributed by atoms with Gasteiger partial charge in [-0.25, -0.2) is 19.4 Å². The second kappa shape index (κ2) is 12.0. The Kier molecular flexibility index (Phi) is 8.34. The van der Waals surface area contributed by atoms with E-state index in [1.165, 1.54) is 6.33 Å². The van der Waals surface area contributed by atoms with Gasteiger partial charge in [0.2, 0.25) is 0 Å². The molecule has 1 unspecified atom stereocenters. The molecule has 13 heteroatoms. The van der Waals surface area contributed by atoms with E-state index in [0.29, 0.717) is 47.1 Å². The summed E-state index contributed by atoms with van der Waals surface area (Å²) in [4.78, 5) is 36.3. The Morgan fingerprint density at radius 3 is 2.49 bits per heavy atom. The number of piperidine rings is 1. The topological polar surface area (TPSA) is 181 Å². The zero-order valence-corrected chi connectivity index (χ0v) is 26.4. The fraction of sp³-hybridized carbons (Fsp3) is 0.406. The second-order valence-electron chi connectivity index (χ2n) is 13.3. The third-order valence-corrected chi connectivity index (χ3v) is 7.38. The number of carbonyl (C=O) groups is 2. The zero-order chi connectivity index (χ0) is 32.5. The van der Waals surface area contributed by atoms with E-state index in [-0.39, 0.29) is 34.2 Å². The summed E-state index contributed by atoms with van der Waals surface area (Å²) in [6.45, 7) is 12.8. The lowest BCUT2D eigenvalue weighted by Crippen LogP contribution is -2.41. The van der Waals surface area contributed by atoms with Gasteiger partial charge in [-0.2, -0.15) is 10.4 Å². The van der Waals surface area contributed by atoms with E-state index >= 15 is 0 Å². The van der Waals surface area contributed by atoms with Gasteiger partial charge in [0.05, 0.1) is 11.4 Å². The highest BCUT2D eigenvalue weighted by Gasteiger charge is 2.30. The lowest BCUT2D eigenvalue weighted by molar-refractivity contribution is -0.128. The first-order valence-electron chi connectivity index (χ1n) is 14.8. The van der Waals surface area contributed by atoms with Crippen molar-refractivity contribution in [2.45, 2.75) is 65.8 Å². The molecule has 13 nitrogen and oxygen atoms in total. The van der Waals surface area contributed by atoms with E-state index in [1.807, 2.05) is 58.4 Å². The van der Waals surface area contributed by atoms with E-state index in [2.05, 4.69) is 31.8 Å². The number of nitrogens with zero attached hydrogens (tertiary/aromatic N) is 7. The summed E-state index contributed by atoms with van der Waals surface area (Å²) in [6, 6.07) is 10.3. The molecule has 0 aliphatic carbocycles. The van der Waals surface area contributed by atoms with E-state index < -0.39 is 6.03 Å². The van der Waals surface area contributed by atoms with Gasteiger partial charge >= 0.3 is 6.03 Å². The lowest BCUT2D eigenvalue weighted by Gasteiger charge is -2.33. The Morgan fingerprint density at radius 1 is 1.11 bits per heavy atom. The molecule has 5 rings (SSSR count). The van der Waals surface area contributed by atoms with Gasteiger partial charge in [0.25, 0.3) is 5.91 Å². The van der Waals surface area contributed by atoms with E-state index in [9.17, 15) is 14.9 Å². The van der Waals surface area contributed by atoms with Crippen molar-refractivity contribution < 1.29 is 14.1 Å². The average molecular weight is 611 g/mol. The molecule has 1 atom stereocenters. The summed E-state index contributed by atoms with van der Waals surface area (Å²) in [7, 11) is 0. The van der Waals surface area contributed by atoms with Crippen LogP contribution in [0.25, 0.3) is 22.3 Å². The summed E-state index contributed by atoms with van der Waals surface area (Å²) in [6.07, 6.45) is 4.63. The van der Waals surface area contributed by atoms with Crippen LogP contribution in [0, 0.1) is 16.7 Å². The van der Waals surface area contributed by atoms with E-state index in [1.54, 1.807) is 29.2 Å². The number of nitriles is 1. The van der Waals surface area contributed by atoms with Gasteiger partial charge in [-0.1, -0.05) is 64.9 Å². The number of rotatable bonds is 5. The van der Waals surface area contributed by atoms with Gasteiger partial charge < -0.3 is 20.5 Å². The number of nitrogens with two attached hydrogens (primary N) is 1. The predicted octanol–water partition coefficient (Wildman–Crippen LogP) is 5.66. The van der Waals surface area contributed by atoms with Crippen LogP contribution in [-0.2, 0) is 10.2 Å². The Hall–Kier alpha value is -5.25. The van der Waals surface area contributed by atoms with Crippen LogP contribution in [0.15, 0.2) is 52.8 Å². The standard InChI is InChI=1S/C32H38N10O3/c1-31(2,3)15-20(16-33)29(43)41-13-7-8-22(17-41)42-28-25(27(34)35-18-36-28)26(39-42)19-9-11-21(12-10-19)37-30(44)38-24-14-23(45-40-24)32(4,5)6/h9-12,14-15,18,22H,7-8,13,17H2,1-6H3,(H2,34,35,36)(H2,37,38,40,44). The summed E-state index contributed by atoms with van der Waals surface area (Å²) >= 11 is 0. The smallest absolute Gasteiger partial charge is 0.324 e. The molecule has 3 aromatic heterocycles. The quantitative estimate of drug-likeness (QED) is 0.190. The molecule has 1 aliphatic rings. The van der Waals surface area contributed by atoms with Crippen LogP contribution in [-0.4, -0.2) is 54.8 Å². The fourth-order valence-corrected chi connectivity index (χ4v) is 5.21. The van der Waals surface area contributed by atoms with Gasteiger partial charge in [-0.05, 0) is 30.4 Å². The van der Waals surface area contributed by atoms with Crippen molar-refractivity contribution in [1.29, 1.82) is 5.26 Å². The Balaban J connectivity index is 1.36. The molecule has 4 heterocycles. The maximum absolute atomic E-state index is 13.3. The molecule has 0 saturated carbocycles. The number of amides is 3. The highest BCUT2D eigenvalue weighted by atomic mass is 16.5. The van der Waals surface area contributed by atoms with Crippen LogP contribution in [0.5, 0.6) is 0 Å². The molecule has 0 radical (unpaired) electrons. The number of aromatic nitrogens is 5. The van der Waals surface area contributed by atoms with Crippen LogP contribution in [0.2, 0.25) is 0 Å². The molecule has 4 aromatic rings. The number of carbonyl (C=O) groups excluding carboxylic acids is 2. The Morgan fingerprint density at radius 2 is 1.84 bits per heavy atom. The Bertz CT molecular complexity index is 1800. The van der Waals surface area contributed by atoms with Crippen molar-refractivity contribution in [3.05, 3.63) is 54.1 Å². The van der Waals surface area contributed by atoms with Crippen molar-refractivity contribution in [3.8, 4) is 17.3 Å². The van der Waals surface area contributed by atoms with Crippen LogP contribution in [0.3, 0.4) is 0 Å². The minimum absolute atomic E-state index is 0.138. The number of hydrogen-bond acceptors (Lipinski definition) is 9. The first-order valence-corrected chi connectivity index (χ1v) is 14.8. The van der Waals surface area contributed by atoms with Gasteiger partial charge in [-0.3, -0.25) is 10.1 Å². The molecule has 234 valence electrons. The molecular weight excluding hydrogens is 572 g/mol. The SMILES string of the molecule is CC(C)(C)C=C(C#N)C(=O)N1CCCC(n2nc(-c3ccc(NC(=O)Nc4cc(C(C)(C)C)on4)cc3)c3c(N)ncnc32)C1. The predicted molar refractivity (Wildman–Crippen MR) is 171 cm³/mol. The van der Waals surface area contributed by atoms with Gasteiger partial charge in [0, 0.05) is 35.8 Å². The van der Waals surface area contributed by atoms with E-state index in [0.717, 1.165) is 18.4 Å². The van der Waals surface area contributed by atoms with Crippen molar-refractivity contribution in [1.82, 2.24) is 29.8 Å². The number of anilines is 3. The number of allylic oxidation sites excluding steroid dienone is 1. The van der Waals surface area contributed by atoms with Crippen molar-refractivity contribution in [2.75, 3.05) is 29.5 Å². The highest BCUT2D eigenvalue weighted by Crippen LogP contribution is 2.34. The molecule has 0 spiro atoms. The van der Waals surface area contributed by atoms with Crippen LogP contribution in [0.1, 0.15) is 66.2 Å². The minimum Gasteiger partial charge on any atom is -0.383 e. The summed E-state index contributed by atoms with van der Waals surface area (Å²) in [5.41, 5.74) is 8.39. The van der Waals surface area contributed by atoms with Crippen molar-refractivity contribution in [3.63, 3.8) is 0 Å². The van der Waals surface area contributed by atoms with Gasteiger partial charge in [0.15, 0.2) is 11.5 Å². The lowest BCUT2D eigenvalue weighted by atomic mass is 9.93. The largest absolute Gasteiger partial charge is 0.383 e. The molecule has 0 bridgehead atoms. The number of benzene rings is 1. The third-order valence-electron chi connectivity index (χ3n) is 7.38. The molecule has 45 heavy (non-hydrogen) atoms. The number of fused-ring (bicyclic) bond motifs is 1. The van der Waals surface area contributed by atoms with E-state index in [4.69, 9.17) is 15.4 Å². The van der Waals surface area contributed by atoms with Crippen molar-refractivity contribution >= 4 is 40.3 Å². The highest BCUT2D eigenvalue weighted by molar-refractivity contribution is 6.01. The van der Waals surface area contributed by atoms with Crippen LogP contribution >= 0.6 is 0 Å². The molecule has 1 aliphatic heterocycles. The van der Waals surface area contributed by atoms with Gasteiger partial charge in [-0.15, -0.1) is 0 Å². The maximum atomic E-state index is 13.3. The summed E-state index contributed by atoms with van der Waals surface area (Å²) in [5.74, 6) is 0.981. The molecule has 3 amide bonds. The monoisotopic (exact) mass is 610 g/mol. The summed E-state index contributed by atoms with van der Waals surface area (Å²) < 4.78 is 7.14.